The Labute approximate surface area is 160 Å². The summed E-state index contributed by atoms with van der Waals surface area (Å²) in [5.74, 6) is 0.363. The van der Waals surface area contributed by atoms with Gasteiger partial charge in [0.15, 0.2) is 10.9 Å². The molecule has 0 spiro atoms. The second kappa shape index (κ2) is 8.28. The molecular formula is C18H18N6O2S. The number of nitrogens with zero attached hydrogens (tertiary/aromatic N) is 6. The Morgan fingerprint density at radius 3 is 2.56 bits per heavy atom. The van der Waals surface area contributed by atoms with Crippen LogP contribution in [0.1, 0.15) is 16.2 Å². The number of carbonyl (C=O) groups is 1. The highest BCUT2D eigenvalue weighted by Gasteiger charge is 2.26. The first-order chi connectivity index (χ1) is 13.3. The molecule has 1 amide bonds. The smallest absolute Gasteiger partial charge is 0.276 e. The molecule has 3 aromatic rings. The summed E-state index contributed by atoms with van der Waals surface area (Å²) in [5, 5.41) is 9.10. The van der Waals surface area contributed by atoms with Gasteiger partial charge in [0.1, 0.15) is 0 Å². The summed E-state index contributed by atoms with van der Waals surface area (Å²) in [6.07, 6.45) is 3.39. The molecule has 27 heavy (non-hydrogen) atoms. The van der Waals surface area contributed by atoms with Gasteiger partial charge in [0.25, 0.3) is 5.91 Å². The minimum atomic E-state index is -0.120. The highest BCUT2D eigenvalue weighted by atomic mass is 32.2. The van der Waals surface area contributed by atoms with E-state index in [-0.39, 0.29) is 5.91 Å². The molecule has 0 radical (unpaired) electrons. The lowest BCUT2D eigenvalue weighted by Crippen LogP contribution is -2.41. The molecule has 9 heteroatoms. The number of hydrogen-bond donors (Lipinski definition) is 0. The second-order valence-corrected chi connectivity index (χ2v) is 6.80. The van der Waals surface area contributed by atoms with Crippen molar-refractivity contribution in [2.45, 2.75) is 10.9 Å². The first-order valence-corrected chi connectivity index (χ1v) is 9.58. The van der Waals surface area contributed by atoms with E-state index < -0.39 is 0 Å². The first kappa shape index (κ1) is 17.6. The van der Waals surface area contributed by atoms with Gasteiger partial charge in [0.05, 0.1) is 24.6 Å². The third-order valence-electron chi connectivity index (χ3n) is 4.14. The number of amides is 1. The third kappa shape index (κ3) is 3.99. The highest BCUT2D eigenvalue weighted by Crippen LogP contribution is 2.23. The number of carbonyl (C=O) groups excluding carboxylic acids is 1. The van der Waals surface area contributed by atoms with Gasteiger partial charge in [-0.2, -0.15) is 0 Å². The van der Waals surface area contributed by atoms with Crippen molar-refractivity contribution in [2.75, 3.05) is 26.3 Å². The van der Waals surface area contributed by atoms with Crippen LogP contribution in [-0.2, 0) is 10.5 Å². The number of thioether (sulfide) groups is 1. The van der Waals surface area contributed by atoms with Crippen molar-refractivity contribution in [1.82, 2.24) is 29.9 Å². The van der Waals surface area contributed by atoms with Crippen LogP contribution in [0.3, 0.4) is 0 Å². The van der Waals surface area contributed by atoms with Crippen LogP contribution in [0.25, 0.3) is 5.69 Å². The minimum absolute atomic E-state index is 0.120. The zero-order chi connectivity index (χ0) is 18.5. The van der Waals surface area contributed by atoms with Crippen molar-refractivity contribution in [3.05, 3.63) is 60.2 Å². The van der Waals surface area contributed by atoms with Gasteiger partial charge in [-0.05, 0) is 18.2 Å². The van der Waals surface area contributed by atoms with Gasteiger partial charge in [-0.3, -0.25) is 4.79 Å². The first-order valence-electron chi connectivity index (χ1n) is 8.60. The van der Waals surface area contributed by atoms with Crippen molar-refractivity contribution >= 4 is 17.7 Å². The van der Waals surface area contributed by atoms with Crippen molar-refractivity contribution < 1.29 is 9.53 Å². The van der Waals surface area contributed by atoms with Gasteiger partial charge in [-0.25, -0.2) is 14.6 Å². The van der Waals surface area contributed by atoms with Crippen LogP contribution in [0, 0.1) is 0 Å². The summed E-state index contributed by atoms with van der Waals surface area (Å²) in [4.78, 5) is 23.2. The van der Waals surface area contributed by atoms with Crippen LogP contribution in [0.15, 0.2) is 53.9 Å². The summed E-state index contributed by atoms with van der Waals surface area (Å²) in [6.45, 7) is 2.21. The Morgan fingerprint density at radius 2 is 1.81 bits per heavy atom. The fourth-order valence-corrected chi connectivity index (χ4v) is 3.58. The summed E-state index contributed by atoms with van der Waals surface area (Å²) in [6, 6.07) is 11.4. The molecule has 2 aromatic heterocycles. The summed E-state index contributed by atoms with van der Waals surface area (Å²) in [7, 11) is 0. The van der Waals surface area contributed by atoms with Gasteiger partial charge in [0.2, 0.25) is 0 Å². The van der Waals surface area contributed by atoms with Crippen molar-refractivity contribution in [1.29, 1.82) is 0 Å². The zero-order valence-corrected chi connectivity index (χ0v) is 15.4. The second-order valence-electron chi connectivity index (χ2n) is 5.86. The Hall–Kier alpha value is -2.78. The molecule has 0 unspecified atom stereocenters. The van der Waals surface area contributed by atoms with Crippen LogP contribution in [0.2, 0.25) is 0 Å². The number of ether oxygens (including phenoxy) is 1. The highest BCUT2D eigenvalue weighted by molar-refractivity contribution is 7.98. The number of benzene rings is 1. The molecule has 0 atom stereocenters. The van der Waals surface area contributed by atoms with Crippen molar-refractivity contribution in [3.63, 3.8) is 0 Å². The van der Waals surface area contributed by atoms with E-state index in [2.05, 4.69) is 20.3 Å². The van der Waals surface area contributed by atoms with Gasteiger partial charge in [-0.1, -0.05) is 35.2 Å². The lowest BCUT2D eigenvalue weighted by Gasteiger charge is -2.26. The fraction of sp³-hybridized carbons (Fsp3) is 0.278. The quantitative estimate of drug-likeness (QED) is 0.491. The molecule has 1 aromatic carbocycles. The van der Waals surface area contributed by atoms with Crippen LogP contribution >= 0.6 is 11.8 Å². The summed E-state index contributed by atoms with van der Waals surface area (Å²) >= 11 is 1.45. The van der Waals surface area contributed by atoms with Crippen LogP contribution in [0.5, 0.6) is 0 Å². The molecule has 1 fully saturated rings. The minimum Gasteiger partial charge on any atom is -0.378 e. The number of aromatic nitrogens is 5. The normalized spacial score (nSPS) is 14.3. The largest absolute Gasteiger partial charge is 0.378 e. The van der Waals surface area contributed by atoms with Gasteiger partial charge >= 0.3 is 0 Å². The molecule has 0 N–H and O–H groups in total. The van der Waals surface area contributed by atoms with Gasteiger partial charge < -0.3 is 9.64 Å². The number of hydrogen-bond acceptors (Lipinski definition) is 7. The average molecular weight is 382 g/mol. The van der Waals surface area contributed by atoms with Crippen LogP contribution in [0.4, 0.5) is 0 Å². The maximum Gasteiger partial charge on any atom is 0.276 e. The maximum absolute atomic E-state index is 13.0. The van der Waals surface area contributed by atoms with Crippen LogP contribution in [-0.4, -0.2) is 62.1 Å². The summed E-state index contributed by atoms with van der Waals surface area (Å²) in [5.41, 5.74) is 1.95. The molecule has 0 saturated carbocycles. The predicted octanol–water partition coefficient (Wildman–Crippen LogP) is 1.82. The van der Waals surface area contributed by atoms with E-state index in [0.717, 1.165) is 11.4 Å². The SMILES string of the molecule is O=C(c1nnn(-c2ccccc2)c1CSc1ncccn1)N1CCOCC1. The molecule has 8 nitrogen and oxygen atoms in total. The molecular weight excluding hydrogens is 364 g/mol. The summed E-state index contributed by atoms with van der Waals surface area (Å²) < 4.78 is 7.05. The molecule has 3 heterocycles. The lowest BCUT2D eigenvalue weighted by molar-refractivity contribution is 0.0298. The van der Waals surface area contributed by atoms with E-state index in [1.165, 1.54) is 11.8 Å². The Morgan fingerprint density at radius 1 is 1.07 bits per heavy atom. The maximum atomic E-state index is 13.0. The van der Waals surface area contributed by atoms with E-state index in [4.69, 9.17) is 4.74 Å². The van der Waals surface area contributed by atoms with E-state index in [0.29, 0.717) is 42.9 Å². The number of morpholine rings is 1. The fourth-order valence-electron chi connectivity index (χ4n) is 2.78. The van der Waals surface area contributed by atoms with E-state index >= 15 is 0 Å². The van der Waals surface area contributed by atoms with Gasteiger partial charge in [0, 0.05) is 31.2 Å². The lowest BCUT2D eigenvalue weighted by atomic mass is 10.2. The molecule has 1 aliphatic rings. The molecule has 0 bridgehead atoms. The Kier molecular flexibility index (Phi) is 5.40. The molecule has 138 valence electrons. The van der Waals surface area contributed by atoms with Gasteiger partial charge in [-0.15, -0.1) is 5.10 Å². The molecule has 1 saturated heterocycles. The number of rotatable bonds is 5. The topological polar surface area (TPSA) is 86.0 Å². The van der Waals surface area contributed by atoms with E-state index in [9.17, 15) is 4.79 Å². The molecule has 0 aliphatic carbocycles. The predicted molar refractivity (Wildman–Crippen MR) is 99.7 cm³/mol. The van der Waals surface area contributed by atoms with Crippen LogP contribution < -0.4 is 0 Å². The van der Waals surface area contributed by atoms with Crippen molar-refractivity contribution in [3.8, 4) is 5.69 Å². The zero-order valence-electron chi connectivity index (χ0n) is 14.6. The van der Waals surface area contributed by atoms with E-state index in [1.807, 2.05) is 30.3 Å². The third-order valence-corrected chi connectivity index (χ3v) is 5.03. The standard InChI is InChI=1S/C18H18N6O2S/c25-17(23-9-11-26-12-10-23)16-15(13-27-18-19-7-4-8-20-18)24(22-21-16)14-5-2-1-3-6-14/h1-8H,9-13H2. The number of para-hydroxylation sites is 1. The van der Waals surface area contributed by atoms with E-state index in [1.54, 1.807) is 28.0 Å². The molecule has 4 rings (SSSR count). The Bertz CT molecular complexity index is 897. The average Bonchev–Trinajstić information content (AvgIpc) is 3.17. The monoisotopic (exact) mass is 382 g/mol. The van der Waals surface area contributed by atoms with Crippen molar-refractivity contribution in [2.24, 2.45) is 0 Å². The Balaban J connectivity index is 1.65. The molecule has 1 aliphatic heterocycles.